The lowest BCUT2D eigenvalue weighted by atomic mass is 10.0. The molecule has 4 aromatic rings. The van der Waals surface area contributed by atoms with Gasteiger partial charge in [0.25, 0.3) is 0 Å². The van der Waals surface area contributed by atoms with Gasteiger partial charge in [0.05, 0.1) is 18.1 Å². The Balaban J connectivity index is 1.34. The zero-order valence-corrected chi connectivity index (χ0v) is 21.7. The van der Waals surface area contributed by atoms with Crippen molar-refractivity contribution < 1.29 is 23.9 Å². The maximum Gasteiger partial charge on any atom is 0.221 e. The van der Waals surface area contributed by atoms with E-state index in [0.717, 1.165) is 16.9 Å². The van der Waals surface area contributed by atoms with Crippen molar-refractivity contribution in [3.8, 4) is 11.5 Å². The number of benzene rings is 3. The Morgan fingerprint density at radius 3 is 2.11 bits per heavy atom. The third-order valence-corrected chi connectivity index (χ3v) is 6.69. The Labute approximate surface area is 226 Å². The number of hydrogen-bond acceptors (Lipinski definition) is 6. The number of ether oxygens (including phenoxy) is 2. The summed E-state index contributed by atoms with van der Waals surface area (Å²) in [5.41, 5.74) is 1.77. The van der Waals surface area contributed by atoms with Crippen LogP contribution >= 0.6 is 11.3 Å². The van der Waals surface area contributed by atoms with Crippen LogP contribution in [0.2, 0.25) is 0 Å². The van der Waals surface area contributed by atoms with Gasteiger partial charge in [0.1, 0.15) is 17.5 Å². The summed E-state index contributed by atoms with van der Waals surface area (Å²) in [7, 11) is 0. The molecule has 194 valence electrons. The molecule has 0 aliphatic rings. The maximum absolute atomic E-state index is 13.2. The van der Waals surface area contributed by atoms with E-state index >= 15 is 0 Å². The molecule has 0 aliphatic carbocycles. The molecule has 0 fully saturated rings. The quantitative estimate of drug-likeness (QED) is 0.203. The standard InChI is InChI=1S/C31H29NO5S/c33-28(30-12-7-19-38-30)17-18-31(35)32-27(22-36-21-24-8-3-1-4-9-24)29(34)20-23-13-15-26(16-14-23)37-25-10-5-2-6-11-25/h1-16,19,27H,17-18,20-22H2,(H,32,35). The molecule has 6 nitrogen and oxygen atoms in total. The number of ketones is 2. The monoisotopic (exact) mass is 527 g/mol. The van der Waals surface area contributed by atoms with Crippen molar-refractivity contribution >= 4 is 28.8 Å². The van der Waals surface area contributed by atoms with Gasteiger partial charge in [-0.2, -0.15) is 0 Å². The smallest absolute Gasteiger partial charge is 0.221 e. The number of thiophene rings is 1. The number of carbonyl (C=O) groups is 3. The van der Waals surface area contributed by atoms with E-state index < -0.39 is 6.04 Å². The Hall–Kier alpha value is -4.07. The topological polar surface area (TPSA) is 81.7 Å². The molecule has 0 saturated heterocycles. The zero-order chi connectivity index (χ0) is 26.6. The number of hydrogen-bond donors (Lipinski definition) is 1. The summed E-state index contributed by atoms with van der Waals surface area (Å²) >= 11 is 1.35. The Morgan fingerprint density at radius 2 is 1.42 bits per heavy atom. The van der Waals surface area contributed by atoms with Crippen molar-refractivity contribution in [2.45, 2.75) is 31.9 Å². The van der Waals surface area contributed by atoms with Gasteiger partial charge in [-0.1, -0.05) is 66.7 Å². The molecule has 0 aliphatic heterocycles. The van der Waals surface area contributed by atoms with Crippen LogP contribution < -0.4 is 10.1 Å². The summed E-state index contributed by atoms with van der Waals surface area (Å²) < 4.78 is 11.6. The van der Waals surface area contributed by atoms with Crippen LogP contribution in [0.3, 0.4) is 0 Å². The first kappa shape index (κ1) is 27.0. The summed E-state index contributed by atoms with van der Waals surface area (Å²) in [4.78, 5) is 38.7. The number of Topliss-reactive ketones (excluding diaryl/α,β-unsaturated/α-hetero) is 2. The molecular formula is C31H29NO5S. The molecule has 0 spiro atoms. The van der Waals surface area contributed by atoms with E-state index in [-0.39, 0.29) is 43.3 Å². The maximum atomic E-state index is 13.2. The second-order valence-corrected chi connectivity index (χ2v) is 9.67. The van der Waals surface area contributed by atoms with Crippen molar-refractivity contribution in [1.82, 2.24) is 5.32 Å². The van der Waals surface area contributed by atoms with Crippen molar-refractivity contribution in [2.75, 3.05) is 6.61 Å². The number of para-hydroxylation sites is 1. The van der Waals surface area contributed by atoms with Gasteiger partial charge in [0.15, 0.2) is 11.6 Å². The fourth-order valence-corrected chi connectivity index (χ4v) is 4.46. The first-order valence-corrected chi connectivity index (χ1v) is 13.3. The molecule has 1 unspecified atom stereocenters. The number of amides is 1. The highest BCUT2D eigenvalue weighted by molar-refractivity contribution is 7.12. The van der Waals surface area contributed by atoms with E-state index in [1.54, 1.807) is 12.1 Å². The van der Waals surface area contributed by atoms with E-state index in [1.807, 2.05) is 90.3 Å². The first-order valence-electron chi connectivity index (χ1n) is 12.4. The number of carbonyl (C=O) groups excluding carboxylic acids is 3. The van der Waals surface area contributed by atoms with E-state index in [0.29, 0.717) is 17.2 Å². The predicted molar refractivity (Wildman–Crippen MR) is 148 cm³/mol. The molecule has 1 amide bonds. The third-order valence-electron chi connectivity index (χ3n) is 5.78. The highest BCUT2D eigenvalue weighted by Gasteiger charge is 2.22. The van der Waals surface area contributed by atoms with Crippen molar-refractivity contribution in [3.63, 3.8) is 0 Å². The predicted octanol–water partition coefficient (Wildman–Crippen LogP) is 6.02. The van der Waals surface area contributed by atoms with Gasteiger partial charge < -0.3 is 14.8 Å². The average Bonchev–Trinajstić information content (AvgIpc) is 3.49. The van der Waals surface area contributed by atoms with Gasteiger partial charge in [0, 0.05) is 19.3 Å². The SMILES string of the molecule is O=C(CCC(=O)c1cccs1)NC(COCc1ccccc1)C(=O)Cc1ccc(Oc2ccccc2)cc1. The highest BCUT2D eigenvalue weighted by Crippen LogP contribution is 2.21. The second-order valence-electron chi connectivity index (χ2n) is 8.72. The van der Waals surface area contributed by atoms with E-state index in [9.17, 15) is 14.4 Å². The summed E-state index contributed by atoms with van der Waals surface area (Å²) in [5, 5.41) is 4.61. The third kappa shape index (κ3) is 8.50. The molecule has 1 N–H and O–H groups in total. The lowest BCUT2D eigenvalue weighted by molar-refractivity contribution is -0.129. The van der Waals surface area contributed by atoms with Crippen LogP contribution in [0.25, 0.3) is 0 Å². The molecule has 1 atom stereocenters. The lowest BCUT2D eigenvalue weighted by Crippen LogP contribution is -2.44. The molecule has 7 heteroatoms. The molecule has 1 heterocycles. The van der Waals surface area contributed by atoms with Crippen LogP contribution in [0.5, 0.6) is 11.5 Å². The zero-order valence-electron chi connectivity index (χ0n) is 20.9. The molecule has 0 bridgehead atoms. The number of nitrogens with one attached hydrogen (secondary N) is 1. The van der Waals surface area contributed by atoms with Crippen molar-refractivity contribution in [2.24, 2.45) is 0 Å². The van der Waals surface area contributed by atoms with Gasteiger partial charge in [-0.3, -0.25) is 14.4 Å². The molecule has 3 aromatic carbocycles. The van der Waals surface area contributed by atoms with Gasteiger partial charge in [0.2, 0.25) is 5.91 Å². The van der Waals surface area contributed by atoms with Crippen LogP contribution in [0.15, 0.2) is 102 Å². The summed E-state index contributed by atoms with van der Waals surface area (Å²) in [6.45, 7) is 0.358. The van der Waals surface area contributed by atoms with Crippen LogP contribution in [0, 0.1) is 0 Å². The summed E-state index contributed by atoms with van der Waals surface area (Å²) in [6, 6.07) is 29.1. The summed E-state index contributed by atoms with van der Waals surface area (Å²) in [6.07, 6.45) is 0.213. The Morgan fingerprint density at radius 1 is 0.737 bits per heavy atom. The largest absolute Gasteiger partial charge is 0.457 e. The minimum atomic E-state index is -0.830. The minimum absolute atomic E-state index is 0.00468. The molecular weight excluding hydrogens is 498 g/mol. The van der Waals surface area contributed by atoms with E-state index in [1.165, 1.54) is 11.3 Å². The Kier molecular flexibility index (Phi) is 9.96. The second kappa shape index (κ2) is 14.0. The Bertz CT molecular complexity index is 1310. The van der Waals surface area contributed by atoms with Crippen LogP contribution in [0.1, 0.15) is 33.6 Å². The summed E-state index contributed by atoms with van der Waals surface area (Å²) in [5.74, 6) is 0.776. The van der Waals surface area contributed by atoms with Gasteiger partial charge >= 0.3 is 0 Å². The van der Waals surface area contributed by atoms with E-state index in [2.05, 4.69) is 5.32 Å². The van der Waals surface area contributed by atoms with Crippen molar-refractivity contribution in [3.05, 3.63) is 118 Å². The highest BCUT2D eigenvalue weighted by atomic mass is 32.1. The average molecular weight is 528 g/mol. The van der Waals surface area contributed by atoms with E-state index in [4.69, 9.17) is 9.47 Å². The van der Waals surface area contributed by atoms with Crippen LogP contribution in [-0.4, -0.2) is 30.1 Å². The van der Waals surface area contributed by atoms with Crippen LogP contribution in [-0.2, 0) is 27.4 Å². The minimum Gasteiger partial charge on any atom is -0.457 e. The number of rotatable bonds is 14. The normalized spacial score (nSPS) is 11.5. The van der Waals surface area contributed by atoms with Gasteiger partial charge in [-0.05, 0) is 46.8 Å². The fourth-order valence-electron chi connectivity index (χ4n) is 3.76. The molecule has 1 aromatic heterocycles. The fraction of sp³-hybridized carbons (Fsp3) is 0.194. The first-order chi connectivity index (χ1) is 18.6. The molecule has 38 heavy (non-hydrogen) atoms. The van der Waals surface area contributed by atoms with Crippen molar-refractivity contribution in [1.29, 1.82) is 0 Å². The molecule has 0 radical (unpaired) electrons. The van der Waals surface area contributed by atoms with Gasteiger partial charge in [-0.25, -0.2) is 0 Å². The van der Waals surface area contributed by atoms with Crippen LogP contribution in [0.4, 0.5) is 0 Å². The van der Waals surface area contributed by atoms with Gasteiger partial charge in [-0.15, -0.1) is 11.3 Å². The lowest BCUT2D eigenvalue weighted by Gasteiger charge is -2.18. The molecule has 0 saturated carbocycles. The molecule has 4 rings (SSSR count).